The molecule has 0 spiro atoms. The second-order valence-electron chi connectivity index (χ2n) is 7.31. The molecule has 1 unspecified atom stereocenters. The molecule has 5 heteroatoms. The molecule has 1 aromatic rings. The van der Waals surface area contributed by atoms with Gasteiger partial charge in [-0.05, 0) is 44.0 Å². The zero-order valence-corrected chi connectivity index (χ0v) is 15.0. The van der Waals surface area contributed by atoms with Crippen LogP contribution in [0.5, 0.6) is 0 Å². The Morgan fingerprint density at radius 3 is 2.52 bits per heavy atom. The summed E-state index contributed by atoms with van der Waals surface area (Å²) < 4.78 is 0. The minimum absolute atomic E-state index is 0.128. The highest BCUT2D eigenvalue weighted by Gasteiger charge is 2.20. The Hall–Kier alpha value is -1.59. The van der Waals surface area contributed by atoms with Gasteiger partial charge in [0.05, 0.1) is 6.10 Å². The standard InChI is InChI=1S/C18H31N3O2/c1-14(22)10-18(2,3)13-20-17(23)19-11-15-7-6-8-16(9-15)12-21(4)5/h6-9,14,22H,10-13H2,1-5H3,(H2,19,20,23). The molecule has 0 heterocycles. The molecule has 1 rings (SSSR count). The van der Waals surface area contributed by atoms with Crippen molar-refractivity contribution in [1.29, 1.82) is 0 Å². The van der Waals surface area contributed by atoms with Gasteiger partial charge in [0.2, 0.25) is 0 Å². The van der Waals surface area contributed by atoms with Crippen LogP contribution in [0, 0.1) is 5.41 Å². The molecule has 1 aromatic carbocycles. The summed E-state index contributed by atoms with van der Waals surface area (Å²) in [6.07, 6.45) is 0.286. The van der Waals surface area contributed by atoms with Crippen LogP contribution in [-0.2, 0) is 13.1 Å². The number of benzene rings is 1. The molecule has 130 valence electrons. The van der Waals surface area contributed by atoms with Gasteiger partial charge >= 0.3 is 6.03 Å². The highest BCUT2D eigenvalue weighted by molar-refractivity contribution is 5.73. The van der Waals surface area contributed by atoms with Gasteiger partial charge in [-0.2, -0.15) is 0 Å². The number of carbonyl (C=O) groups excluding carboxylic acids is 1. The van der Waals surface area contributed by atoms with E-state index in [0.29, 0.717) is 19.5 Å². The zero-order chi connectivity index (χ0) is 17.5. The van der Waals surface area contributed by atoms with Crippen LogP contribution >= 0.6 is 0 Å². The van der Waals surface area contributed by atoms with E-state index in [1.807, 2.05) is 40.1 Å². The first-order valence-corrected chi connectivity index (χ1v) is 8.10. The molecule has 0 saturated carbocycles. The number of rotatable bonds is 8. The highest BCUT2D eigenvalue weighted by Crippen LogP contribution is 2.20. The fourth-order valence-corrected chi connectivity index (χ4v) is 2.64. The van der Waals surface area contributed by atoms with E-state index in [0.717, 1.165) is 12.1 Å². The summed E-state index contributed by atoms with van der Waals surface area (Å²) in [5, 5.41) is 15.2. The second kappa shape index (κ2) is 8.89. The maximum atomic E-state index is 11.9. The fraction of sp³-hybridized carbons (Fsp3) is 0.611. The van der Waals surface area contributed by atoms with Gasteiger partial charge in [0, 0.05) is 19.6 Å². The van der Waals surface area contributed by atoms with E-state index >= 15 is 0 Å². The lowest BCUT2D eigenvalue weighted by Gasteiger charge is -2.26. The van der Waals surface area contributed by atoms with Crippen molar-refractivity contribution in [3.05, 3.63) is 35.4 Å². The van der Waals surface area contributed by atoms with Gasteiger partial charge in [0.15, 0.2) is 0 Å². The van der Waals surface area contributed by atoms with Crippen LogP contribution in [0.3, 0.4) is 0 Å². The summed E-state index contributed by atoms with van der Waals surface area (Å²) >= 11 is 0. The number of amides is 2. The number of hydrogen-bond donors (Lipinski definition) is 3. The van der Waals surface area contributed by atoms with Gasteiger partial charge in [-0.15, -0.1) is 0 Å². The molecule has 23 heavy (non-hydrogen) atoms. The van der Waals surface area contributed by atoms with Gasteiger partial charge in [0.25, 0.3) is 0 Å². The van der Waals surface area contributed by atoms with Crippen molar-refractivity contribution in [3.8, 4) is 0 Å². The number of urea groups is 1. The summed E-state index contributed by atoms with van der Waals surface area (Å²) in [4.78, 5) is 14.0. The van der Waals surface area contributed by atoms with Crippen LogP contribution in [0.1, 0.15) is 38.3 Å². The molecule has 5 nitrogen and oxygen atoms in total. The average Bonchev–Trinajstić information content (AvgIpc) is 2.41. The van der Waals surface area contributed by atoms with Crippen molar-refractivity contribution in [3.63, 3.8) is 0 Å². The predicted molar refractivity (Wildman–Crippen MR) is 94.2 cm³/mol. The molecule has 0 radical (unpaired) electrons. The van der Waals surface area contributed by atoms with E-state index in [9.17, 15) is 9.90 Å². The number of carbonyl (C=O) groups is 1. The number of aliphatic hydroxyl groups excluding tert-OH is 1. The quantitative estimate of drug-likeness (QED) is 0.688. The molecule has 0 saturated heterocycles. The Bertz CT molecular complexity index is 499. The van der Waals surface area contributed by atoms with E-state index in [-0.39, 0.29) is 17.6 Å². The van der Waals surface area contributed by atoms with Crippen LogP contribution in [0.2, 0.25) is 0 Å². The molecule has 0 aliphatic rings. The average molecular weight is 321 g/mol. The van der Waals surface area contributed by atoms with Crippen LogP contribution in [0.15, 0.2) is 24.3 Å². The molecule has 0 aromatic heterocycles. The molecular weight excluding hydrogens is 290 g/mol. The highest BCUT2D eigenvalue weighted by atomic mass is 16.3. The zero-order valence-electron chi connectivity index (χ0n) is 15.0. The number of nitrogens with one attached hydrogen (secondary N) is 2. The van der Waals surface area contributed by atoms with Gasteiger partial charge in [0.1, 0.15) is 0 Å². The molecule has 0 aliphatic heterocycles. The van der Waals surface area contributed by atoms with Crippen LogP contribution in [0.25, 0.3) is 0 Å². The summed E-state index contributed by atoms with van der Waals surface area (Å²) in [5.41, 5.74) is 2.19. The summed E-state index contributed by atoms with van der Waals surface area (Å²) in [7, 11) is 4.07. The van der Waals surface area contributed by atoms with Gasteiger partial charge < -0.3 is 20.6 Å². The maximum absolute atomic E-state index is 11.9. The summed E-state index contributed by atoms with van der Waals surface area (Å²) in [6, 6.07) is 8.04. The molecule has 0 bridgehead atoms. The van der Waals surface area contributed by atoms with Crippen molar-refractivity contribution >= 4 is 6.03 Å². The van der Waals surface area contributed by atoms with Gasteiger partial charge in [-0.1, -0.05) is 38.1 Å². The van der Waals surface area contributed by atoms with Crippen molar-refractivity contribution in [1.82, 2.24) is 15.5 Å². The topological polar surface area (TPSA) is 64.6 Å². The second-order valence-corrected chi connectivity index (χ2v) is 7.31. The first kappa shape index (κ1) is 19.5. The van der Waals surface area contributed by atoms with Crippen molar-refractivity contribution in [2.75, 3.05) is 20.6 Å². The van der Waals surface area contributed by atoms with Gasteiger partial charge in [-0.3, -0.25) is 0 Å². The molecule has 0 fully saturated rings. The number of aliphatic hydroxyl groups is 1. The Labute approximate surface area is 140 Å². The smallest absolute Gasteiger partial charge is 0.315 e. The van der Waals surface area contributed by atoms with Crippen LogP contribution in [0.4, 0.5) is 4.79 Å². The Kier molecular flexibility index (Phi) is 7.52. The lowest BCUT2D eigenvalue weighted by molar-refractivity contribution is 0.129. The van der Waals surface area contributed by atoms with E-state index in [4.69, 9.17) is 0 Å². The largest absolute Gasteiger partial charge is 0.393 e. The number of nitrogens with zero attached hydrogens (tertiary/aromatic N) is 1. The van der Waals surface area contributed by atoms with E-state index in [2.05, 4.69) is 27.7 Å². The Morgan fingerprint density at radius 1 is 1.26 bits per heavy atom. The van der Waals surface area contributed by atoms with Crippen LogP contribution in [-0.4, -0.2) is 42.8 Å². The SMILES string of the molecule is CC(O)CC(C)(C)CNC(=O)NCc1cccc(CN(C)C)c1. The lowest BCUT2D eigenvalue weighted by atomic mass is 9.87. The van der Waals surface area contributed by atoms with E-state index in [1.54, 1.807) is 6.92 Å². The van der Waals surface area contributed by atoms with E-state index < -0.39 is 0 Å². The summed E-state index contributed by atoms with van der Waals surface area (Å²) in [6.45, 7) is 7.75. The third-order valence-electron chi connectivity index (χ3n) is 3.52. The fourth-order valence-electron chi connectivity index (χ4n) is 2.64. The van der Waals surface area contributed by atoms with E-state index in [1.165, 1.54) is 5.56 Å². The first-order chi connectivity index (χ1) is 10.7. The molecule has 0 aliphatic carbocycles. The van der Waals surface area contributed by atoms with Crippen molar-refractivity contribution < 1.29 is 9.90 Å². The Balaban J connectivity index is 2.41. The van der Waals surface area contributed by atoms with Crippen molar-refractivity contribution in [2.24, 2.45) is 5.41 Å². The molecule has 3 N–H and O–H groups in total. The third-order valence-corrected chi connectivity index (χ3v) is 3.52. The molecular formula is C18H31N3O2. The Morgan fingerprint density at radius 2 is 1.91 bits per heavy atom. The van der Waals surface area contributed by atoms with Crippen LogP contribution < -0.4 is 10.6 Å². The third kappa shape index (κ3) is 8.57. The monoisotopic (exact) mass is 321 g/mol. The first-order valence-electron chi connectivity index (χ1n) is 8.10. The minimum Gasteiger partial charge on any atom is -0.393 e. The normalized spacial score (nSPS) is 13.0. The maximum Gasteiger partial charge on any atom is 0.315 e. The summed E-state index contributed by atoms with van der Waals surface area (Å²) in [5.74, 6) is 0. The lowest BCUT2D eigenvalue weighted by Crippen LogP contribution is -2.41. The molecule has 1 atom stereocenters. The molecule has 2 amide bonds. The van der Waals surface area contributed by atoms with Crippen molar-refractivity contribution in [2.45, 2.75) is 46.4 Å². The minimum atomic E-state index is -0.366. The van der Waals surface area contributed by atoms with Gasteiger partial charge in [-0.25, -0.2) is 4.79 Å². The predicted octanol–water partition coefficient (Wildman–Crippen LogP) is 2.34. The number of hydrogen-bond acceptors (Lipinski definition) is 3.